The number of likely N-dealkylation sites (tertiary alicyclic amines) is 1. The molecule has 0 saturated carbocycles. The predicted molar refractivity (Wildman–Crippen MR) is 94.7 cm³/mol. The number of hydrogen-bond donors (Lipinski definition) is 1. The number of nitrogens with zero attached hydrogens (tertiary/aromatic N) is 2. The number of piperidine rings is 1. The average Bonchev–Trinajstić information content (AvgIpc) is 2.56. The summed E-state index contributed by atoms with van der Waals surface area (Å²) in [5.41, 5.74) is 2.38. The monoisotopic (exact) mass is 315 g/mol. The quantitative estimate of drug-likeness (QED) is 0.931. The first-order valence-corrected chi connectivity index (χ1v) is 8.95. The molecule has 0 radical (unpaired) electrons. The van der Waals surface area contributed by atoms with E-state index in [4.69, 9.17) is 0 Å². The number of para-hydroxylation sites is 1. The van der Waals surface area contributed by atoms with Crippen molar-refractivity contribution in [1.29, 1.82) is 0 Å². The van der Waals surface area contributed by atoms with Gasteiger partial charge in [0.05, 0.1) is 0 Å². The third-order valence-electron chi connectivity index (χ3n) is 5.32. The van der Waals surface area contributed by atoms with E-state index >= 15 is 0 Å². The Bertz CT molecular complexity index is 551. The van der Waals surface area contributed by atoms with Gasteiger partial charge in [-0.15, -0.1) is 0 Å². The zero-order valence-corrected chi connectivity index (χ0v) is 14.6. The van der Waals surface area contributed by atoms with Crippen LogP contribution in [0.5, 0.6) is 0 Å². The molecule has 1 fully saturated rings. The summed E-state index contributed by atoms with van der Waals surface area (Å²) in [7, 11) is 2.20. The lowest BCUT2D eigenvalue weighted by Crippen LogP contribution is -2.48. The summed E-state index contributed by atoms with van der Waals surface area (Å²) in [4.78, 5) is 16.8. The third-order valence-corrected chi connectivity index (χ3v) is 5.32. The van der Waals surface area contributed by atoms with Crippen LogP contribution in [0.3, 0.4) is 0 Å². The molecule has 1 saturated heterocycles. The third kappa shape index (κ3) is 3.43. The first kappa shape index (κ1) is 16.5. The van der Waals surface area contributed by atoms with Crippen LogP contribution in [-0.2, 0) is 4.79 Å². The van der Waals surface area contributed by atoms with E-state index in [9.17, 15) is 4.79 Å². The number of anilines is 1. The molecule has 1 aromatic carbocycles. The topological polar surface area (TPSA) is 35.6 Å². The molecule has 0 bridgehead atoms. The van der Waals surface area contributed by atoms with Gasteiger partial charge in [-0.3, -0.25) is 4.79 Å². The SMILES string of the molecule is CCC(=O)N1c2ccccc2[C@H](NC2CCN(C)CC2)C[C@@H]1C. The number of carbonyl (C=O) groups is 1. The van der Waals surface area contributed by atoms with Gasteiger partial charge in [0.1, 0.15) is 0 Å². The van der Waals surface area contributed by atoms with E-state index in [0.717, 1.165) is 12.1 Å². The van der Waals surface area contributed by atoms with Crippen molar-refractivity contribution in [2.24, 2.45) is 0 Å². The molecule has 2 aliphatic rings. The Morgan fingerprint density at radius 2 is 1.96 bits per heavy atom. The lowest BCUT2D eigenvalue weighted by atomic mass is 9.90. The average molecular weight is 315 g/mol. The molecule has 0 aromatic heterocycles. The van der Waals surface area contributed by atoms with Gasteiger partial charge in [0.15, 0.2) is 0 Å². The van der Waals surface area contributed by atoms with Crippen LogP contribution < -0.4 is 10.2 Å². The van der Waals surface area contributed by atoms with Crippen molar-refractivity contribution in [3.63, 3.8) is 0 Å². The molecule has 1 N–H and O–H groups in total. The highest BCUT2D eigenvalue weighted by Gasteiger charge is 2.34. The molecule has 1 aromatic rings. The first-order valence-electron chi connectivity index (χ1n) is 8.95. The lowest BCUT2D eigenvalue weighted by Gasteiger charge is -2.41. The van der Waals surface area contributed by atoms with Gasteiger partial charge < -0.3 is 15.1 Å². The van der Waals surface area contributed by atoms with Gasteiger partial charge in [-0.25, -0.2) is 0 Å². The molecule has 4 heteroatoms. The van der Waals surface area contributed by atoms with Gasteiger partial charge >= 0.3 is 0 Å². The Balaban J connectivity index is 1.81. The van der Waals surface area contributed by atoms with Crippen molar-refractivity contribution >= 4 is 11.6 Å². The number of rotatable bonds is 3. The zero-order valence-electron chi connectivity index (χ0n) is 14.6. The van der Waals surface area contributed by atoms with Gasteiger partial charge in [-0.2, -0.15) is 0 Å². The number of nitrogens with one attached hydrogen (secondary N) is 1. The van der Waals surface area contributed by atoms with Crippen LogP contribution in [0.2, 0.25) is 0 Å². The van der Waals surface area contributed by atoms with Crippen molar-refractivity contribution in [3.05, 3.63) is 29.8 Å². The lowest BCUT2D eigenvalue weighted by molar-refractivity contribution is -0.118. The van der Waals surface area contributed by atoms with Crippen LogP contribution >= 0.6 is 0 Å². The second-order valence-corrected chi connectivity index (χ2v) is 7.06. The van der Waals surface area contributed by atoms with E-state index in [1.165, 1.54) is 31.5 Å². The van der Waals surface area contributed by atoms with E-state index in [-0.39, 0.29) is 11.9 Å². The van der Waals surface area contributed by atoms with E-state index < -0.39 is 0 Å². The molecule has 2 heterocycles. The van der Waals surface area contributed by atoms with Crippen LogP contribution in [0.4, 0.5) is 5.69 Å². The summed E-state index contributed by atoms with van der Waals surface area (Å²) in [6.45, 7) is 6.46. The maximum atomic E-state index is 12.4. The predicted octanol–water partition coefficient (Wildman–Crippen LogP) is 2.95. The summed E-state index contributed by atoms with van der Waals surface area (Å²) >= 11 is 0. The molecule has 0 aliphatic carbocycles. The van der Waals surface area contributed by atoms with E-state index in [2.05, 4.69) is 42.4 Å². The van der Waals surface area contributed by atoms with Crippen molar-refractivity contribution in [2.75, 3.05) is 25.0 Å². The van der Waals surface area contributed by atoms with Gasteiger partial charge in [-0.1, -0.05) is 25.1 Å². The minimum Gasteiger partial charge on any atom is -0.309 e. The molecule has 23 heavy (non-hydrogen) atoms. The van der Waals surface area contributed by atoms with Gasteiger partial charge in [0, 0.05) is 30.2 Å². The Morgan fingerprint density at radius 3 is 2.65 bits per heavy atom. The molecular formula is C19H29N3O. The highest BCUT2D eigenvalue weighted by molar-refractivity contribution is 5.95. The van der Waals surface area contributed by atoms with Crippen LogP contribution in [0, 0.1) is 0 Å². The van der Waals surface area contributed by atoms with E-state index in [1.54, 1.807) is 0 Å². The first-order chi connectivity index (χ1) is 11.1. The highest BCUT2D eigenvalue weighted by atomic mass is 16.2. The van der Waals surface area contributed by atoms with Crippen molar-refractivity contribution in [1.82, 2.24) is 10.2 Å². The molecule has 0 spiro atoms. The number of amides is 1. The summed E-state index contributed by atoms with van der Waals surface area (Å²) in [6.07, 6.45) is 3.98. The van der Waals surface area contributed by atoms with Crippen molar-refractivity contribution < 1.29 is 4.79 Å². The maximum Gasteiger partial charge on any atom is 0.226 e. The van der Waals surface area contributed by atoms with Crippen LogP contribution in [0.1, 0.15) is 51.1 Å². The summed E-state index contributed by atoms with van der Waals surface area (Å²) < 4.78 is 0. The van der Waals surface area contributed by atoms with Crippen LogP contribution in [0.25, 0.3) is 0 Å². The van der Waals surface area contributed by atoms with E-state index in [0.29, 0.717) is 18.5 Å². The van der Waals surface area contributed by atoms with Gasteiger partial charge in [0.25, 0.3) is 0 Å². The largest absolute Gasteiger partial charge is 0.309 e. The molecule has 126 valence electrons. The smallest absolute Gasteiger partial charge is 0.226 e. The Labute approximate surface area is 139 Å². The molecule has 2 aliphatic heterocycles. The van der Waals surface area contributed by atoms with Gasteiger partial charge in [-0.05, 0) is 58.0 Å². The fourth-order valence-electron chi connectivity index (χ4n) is 3.98. The number of carbonyl (C=O) groups excluding carboxylic acids is 1. The Hall–Kier alpha value is -1.39. The molecule has 4 nitrogen and oxygen atoms in total. The van der Waals surface area contributed by atoms with Crippen molar-refractivity contribution in [2.45, 2.75) is 57.7 Å². The Morgan fingerprint density at radius 1 is 1.26 bits per heavy atom. The second kappa shape index (κ2) is 7.02. The Kier molecular flexibility index (Phi) is 5.02. The second-order valence-electron chi connectivity index (χ2n) is 7.06. The number of benzene rings is 1. The standard InChI is InChI=1S/C19H29N3O/c1-4-19(23)22-14(2)13-17(16-7-5-6-8-18(16)22)20-15-9-11-21(3)12-10-15/h5-8,14-15,17,20H,4,9-13H2,1-3H3/t14-,17+/m0/s1. The fourth-order valence-corrected chi connectivity index (χ4v) is 3.98. The molecule has 1 amide bonds. The number of hydrogen-bond acceptors (Lipinski definition) is 3. The van der Waals surface area contributed by atoms with Gasteiger partial charge in [0.2, 0.25) is 5.91 Å². The van der Waals surface area contributed by atoms with Crippen molar-refractivity contribution in [3.8, 4) is 0 Å². The summed E-state index contributed by atoms with van der Waals surface area (Å²) in [6, 6.07) is 9.61. The van der Waals surface area contributed by atoms with Crippen LogP contribution in [-0.4, -0.2) is 43.0 Å². The fraction of sp³-hybridized carbons (Fsp3) is 0.632. The zero-order chi connectivity index (χ0) is 16.4. The maximum absolute atomic E-state index is 12.4. The normalized spacial score (nSPS) is 26.1. The molecular weight excluding hydrogens is 286 g/mol. The minimum absolute atomic E-state index is 0.225. The summed E-state index contributed by atoms with van der Waals surface area (Å²) in [5.74, 6) is 0.225. The molecule has 0 unspecified atom stereocenters. The minimum atomic E-state index is 0.225. The van der Waals surface area contributed by atoms with E-state index in [1.807, 2.05) is 17.9 Å². The summed E-state index contributed by atoms with van der Waals surface area (Å²) in [5, 5.41) is 3.88. The molecule has 2 atom stereocenters. The highest BCUT2D eigenvalue weighted by Crippen LogP contribution is 2.38. The van der Waals surface area contributed by atoms with Crippen LogP contribution in [0.15, 0.2) is 24.3 Å². The molecule has 3 rings (SSSR count). The number of fused-ring (bicyclic) bond motifs is 1.